The lowest BCUT2D eigenvalue weighted by Crippen LogP contribution is -2.48. The van der Waals surface area contributed by atoms with Gasteiger partial charge in [0.25, 0.3) is 5.91 Å². The lowest BCUT2D eigenvalue weighted by Gasteiger charge is -2.33. The highest BCUT2D eigenvalue weighted by molar-refractivity contribution is 6.11. The van der Waals surface area contributed by atoms with Crippen molar-refractivity contribution in [2.24, 2.45) is 5.92 Å². The zero-order valence-electron chi connectivity index (χ0n) is 18.3. The van der Waals surface area contributed by atoms with Crippen LogP contribution in [0.3, 0.4) is 0 Å². The number of para-hydroxylation sites is 3. The van der Waals surface area contributed by atoms with Crippen LogP contribution in [0.1, 0.15) is 19.8 Å². The van der Waals surface area contributed by atoms with Gasteiger partial charge in [0.05, 0.1) is 17.3 Å². The van der Waals surface area contributed by atoms with Gasteiger partial charge in [0.1, 0.15) is 6.54 Å². The van der Waals surface area contributed by atoms with Crippen LogP contribution in [0.4, 0.5) is 21.9 Å². The summed E-state index contributed by atoms with van der Waals surface area (Å²) in [5, 5.41) is 5.57. The smallest absolute Gasteiger partial charge is 0.321 e. The number of hydrogen-bond donors (Lipinski definition) is 2. The van der Waals surface area contributed by atoms with Gasteiger partial charge in [0.15, 0.2) is 6.10 Å². The fraction of sp³-hybridized carbons (Fsp3) is 0.333. The standard InChI is InChI=1S/C24H26N4O5/c1-16(22(30)28-15-21(29)26-19-9-5-6-10-20(19)28)33-23(31)17-11-13-27(14-12-17)24(32)25-18-7-3-2-4-8-18/h2-10,16-17H,11-15H2,1H3,(H,25,32)(H,26,29)/t16-/m0/s1. The minimum absolute atomic E-state index is 0.132. The molecule has 9 nitrogen and oxygen atoms in total. The van der Waals surface area contributed by atoms with E-state index in [0.29, 0.717) is 43.0 Å². The van der Waals surface area contributed by atoms with E-state index in [1.54, 1.807) is 29.2 Å². The number of hydrogen-bond acceptors (Lipinski definition) is 5. The van der Waals surface area contributed by atoms with Crippen LogP contribution < -0.4 is 15.5 Å². The summed E-state index contributed by atoms with van der Waals surface area (Å²) in [5.41, 5.74) is 1.83. The molecule has 2 aromatic carbocycles. The summed E-state index contributed by atoms with van der Waals surface area (Å²) in [5.74, 6) is -1.61. The Morgan fingerprint density at radius 2 is 1.70 bits per heavy atom. The summed E-state index contributed by atoms with van der Waals surface area (Å²) < 4.78 is 5.47. The van der Waals surface area contributed by atoms with Crippen molar-refractivity contribution in [3.63, 3.8) is 0 Å². The molecular formula is C24H26N4O5. The third-order valence-electron chi connectivity index (χ3n) is 5.82. The molecule has 1 atom stereocenters. The Morgan fingerprint density at radius 3 is 2.42 bits per heavy atom. The van der Waals surface area contributed by atoms with Crippen LogP contribution in [0.15, 0.2) is 54.6 Å². The van der Waals surface area contributed by atoms with Gasteiger partial charge >= 0.3 is 12.0 Å². The Hall–Kier alpha value is -3.88. The van der Waals surface area contributed by atoms with Crippen molar-refractivity contribution in [3.8, 4) is 0 Å². The van der Waals surface area contributed by atoms with Crippen molar-refractivity contribution >= 4 is 40.9 Å². The molecule has 4 rings (SSSR count). The first kappa shape index (κ1) is 22.3. The first-order valence-corrected chi connectivity index (χ1v) is 10.9. The summed E-state index contributed by atoms with van der Waals surface area (Å²) >= 11 is 0. The Morgan fingerprint density at radius 1 is 1.03 bits per heavy atom. The maximum Gasteiger partial charge on any atom is 0.321 e. The maximum atomic E-state index is 12.9. The lowest BCUT2D eigenvalue weighted by atomic mass is 9.97. The highest BCUT2D eigenvalue weighted by atomic mass is 16.5. The molecule has 0 saturated carbocycles. The number of amides is 4. The third-order valence-corrected chi connectivity index (χ3v) is 5.82. The Bertz CT molecular complexity index is 1050. The molecule has 4 amide bonds. The number of likely N-dealkylation sites (tertiary alicyclic amines) is 1. The average Bonchev–Trinajstić information content (AvgIpc) is 2.83. The number of anilines is 3. The second-order valence-electron chi connectivity index (χ2n) is 8.13. The van der Waals surface area contributed by atoms with E-state index in [-0.39, 0.29) is 18.5 Å². The molecule has 0 aromatic heterocycles. The van der Waals surface area contributed by atoms with E-state index in [9.17, 15) is 19.2 Å². The topological polar surface area (TPSA) is 108 Å². The number of nitrogens with zero attached hydrogens (tertiary/aromatic N) is 2. The molecular weight excluding hydrogens is 424 g/mol. The van der Waals surface area contributed by atoms with Gasteiger partial charge in [0.2, 0.25) is 5.91 Å². The van der Waals surface area contributed by atoms with Gasteiger partial charge in [-0.3, -0.25) is 19.3 Å². The molecule has 2 aromatic rings. The van der Waals surface area contributed by atoms with Crippen molar-refractivity contribution in [1.29, 1.82) is 0 Å². The highest BCUT2D eigenvalue weighted by Gasteiger charge is 2.34. The molecule has 0 aliphatic carbocycles. The zero-order valence-corrected chi connectivity index (χ0v) is 18.3. The van der Waals surface area contributed by atoms with E-state index >= 15 is 0 Å². The fourth-order valence-electron chi connectivity index (χ4n) is 4.01. The maximum absolute atomic E-state index is 12.9. The van der Waals surface area contributed by atoms with E-state index < -0.39 is 23.9 Å². The largest absolute Gasteiger partial charge is 0.452 e. The fourth-order valence-corrected chi connectivity index (χ4v) is 4.01. The molecule has 172 valence electrons. The summed E-state index contributed by atoms with van der Waals surface area (Å²) in [4.78, 5) is 53.0. The molecule has 0 spiro atoms. The van der Waals surface area contributed by atoms with Crippen molar-refractivity contribution < 1.29 is 23.9 Å². The monoisotopic (exact) mass is 450 g/mol. The quantitative estimate of drug-likeness (QED) is 0.697. The number of carbonyl (C=O) groups is 4. The van der Waals surface area contributed by atoms with Gasteiger partial charge < -0.3 is 20.3 Å². The first-order valence-electron chi connectivity index (χ1n) is 10.9. The third kappa shape index (κ3) is 5.14. The molecule has 2 aliphatic rings. The number of fused-ring (bicyclic) bond motifs is 1. The van der Waals surface area contributed by atoms with Gasteiger partial charge in [-0.05, 0) is 44.0 Å². The Kier molecular flexibility index (Phi) is 6.58. The SMILES string of the molecule is C[C@H](OC(=O)C1CCN(C(=O)Nc2ccccc2)CC1)C(=O)N1CC(=O)Nc2ccccc21. The molecule has 0 unspecified atom stereocenters. The molecule has 2 heterocycles. The van der Waals surface area contributed by atoms with Crippen LogP contribution in [0, 0.1) is 5.92 Å². The minimum Gasteiger partial charge on any atom is -0.452 e. The molecule has 33 heavy (non-hydrogen) atoms. The minimum atomic E-state index is -1.03. The van der Waals surface area contributed by atoms with Crippen molar-refractivity contribution in [1.82, 2.24) is 4.90 Å². The van der Waals surface area contributed by atoms with Gasteiger partial charge in [0, 0.05) is 18.8 Å². The van der Waals surface area contributed by atoms with Crippen LogP contribution >= 0.6 is 0 Å². The zero-order chi connectivity index (χ0) is 23.4. The van der Waals surface area contributed by atoms with E-state index in [1.165, 1.54) is 11.8 Å². The number of benzene rings is 2. The number of rotatable bonds is 4. The second-order valence-corrected chi connectivity index (χ2v) is 8.13. The summed E-state index contributed by atoms with van der Waals surface area (Å²) in [6, 6.07) is 16.0. The molecule has 9 heteroatoms. The summed E-state index contributed by atoms with van der Waals surface area (Å²) in [6.07, 6.45) is -0.121. The van der Waals surface area contributed by atoms with Crippen LogP contribution in [-0.4, -0.2) is 54.5 Å². The van der Waals surface area contributed by atoms with Gasteiger partial charge in [-0.2, -0.15) is 0 Å². The number of ether oxygens (including phenoxy) is 1. The normalized spacial score (nSPS) is 16.9. The highest BCUT2D eigenvalue weighted by Crippen LogP contribution is 2.30. The van der Waals surface area contributed by atoms with Gasteiger partial charge in [-0.25, -0.2) is 4.79 Å². The van der Waals surface area contributed by atoms with Crippen LogP contribution in [-0.2, 0) is 19.1 Å². The van der Waals surface area contributed by atoms with E-state index in [1.807, 2.05) is 30.3 Å². The number of esters is 1. The lowest BCUT2D eigenvalue weighted by molar-refractivity contribution is -0.159. The average molecular weight is 450 g/mol. The Labute approximate surface area is 191 Å². The molecule has 0 bridgehead atoms. The van der Waals surface area contributed by atoms with Crippen LogP contribution in [0.25, 0.3) is 0 Å². The first-order chi connectivity index (χ1) is 15.9. The van der Waals surface area contributed by atoms with Crippen molar-refractivity contribution in [3.05, 3.63) is 54.6 Å². The van der Waals surface area contributed by atoms with Crippen LogP contribution in [0.2, 0.25) is 0 Å². The summed E-state index contributed by atoms with van der Waals surface area (Å²) in [6.45, 7) is 2.21. The van der Waals surface area contributed by atoms with Gasteiger partial charge in [-0.15, -0.1) is 0 Å². The second kappa shape index (κ2) is 9.72. The number of carbonyl (C=O) groups excluding carboxylic acids is 4. The number of piperidine rings is 1. The number of urea groups is 1. The summed E-state index contributed by atoms with van der Waals surface area (Å²) in [7, 11) is 0. The van der Waals surface area contributed by atoms with Crippen molar-refractivity contribution in [2.75, 3.05) is 35.2 Å². The van der Waals surface area contributed by atoms with Crippen molar-refractivity contribution in [2.45, 2.75) is 25.9 Å². The van der Waals surface area contributed by atoms with E-state index in [4.69, 9.17) is 4.74 Å². The predicted octanol–water partition coefficient (Wildman–Crippen LogP) is 2.85. The number of nitrogens with one attached hydrogen (secondary N) is 2. The van der Waals surface area contributed by atoms with E-state index in [2.05, 4.69) is 10.6 Å². The van der Waals surface area contributed by atoms with Gasteiger partial charge in [-0.1, -0.05) is 30.3 Å². The Balaban J connectivity index is 1.30. The molecule has 0 radical (unpaired) electrons. The van der Waals surface area contributed by atoms with Crippen LogP contribution in [0.5, 0.6) is 0 Å². The predicted molar refractivity (Wildman–Crippen MR) is 123 cm³/mol. The molecule has 1 fully saturated rings. The molecule has 2 aliphatic heterocycles. The van der Waals surface area contributed by atoms with E-state index in [0.717, 1.165) is 0 Å². The molecule has 2 N–H and O–H groups in total. The molecule has 1 saturated heterocycles.